The molecule has 2 aromatic carbocycles. The summed E-state index contributed by atoms with van der Waals surface area (Å²) >= 11 is 0. The Hall–Kier alpha value is -3.02. The summed E-state index contributed by atoms with van der Waals surface area (Å²) in [6.07, 6.45) is 1.71. The molecule has 0 saturated heterocycles. The van der Waals surface area contributed by atoms with Crippen LogP contribution in [0.25, 0.3) is 0 Å². The third-order valence-electron chi connectivity index (χ3n) is 2.80. The fourth-order valence-corrected chi connectivity index (χ4v) is 1.81. The van der Waals surface area contributed by atoms with E-state index in [2.05, 4.69) is 25.9 Å². The highest BCUT2D eigenvalue weighted by Crippen LogP contribution is 2.01. The second-order valence-electron chi connectivity index (χ2n) is 4.41. The lowest BCUT2D eigenvalue weighted by atomic mass is 10.2. The number of hydrogen-bond acceptors (Lipinski definition) is 5. The molecule has 3 aromatic rings. The largest absolute Gasteiger partial charge is 0.283 e. The van der Waals surface area contributed by atoms with Crippen LogP contribution < -0.4 is 5.43 Å². The van der Waals surface area contributed by atoms with Gasteiger partial charge in [0.15, 0.2) is 0 Å². The van der Waals surface area contributed by atoms with Crippen LogP contribution in [0.2, 0.25) is 0 Å². The second-order valence-corrected chi connectivity index (χ2v) is 4.41. The average Bonchev–Trinajstić information content (AvgIpc) is 2.97. The summed E-state index contributed by atoms with van der Waals surface area (Å²) in [4.78, 5) is 1.52. The molecule has 0 bridgehead atoms. The van der Waals surface area contributed by atoms with Crippen LogP contribution in [0.15, 0.2) is 65.8 Å². The molecule has 3 rings (SSSR count). The first-order valence-electron chi connectivity index (χ1n) is 6.56. The van der Waals surface area contributed by atoms with E-state index in [4.69, 9.17) is 0 Å². The van der Waals surface area contributed by atoms with Crippen molar-refractivity contribution in [3.63, 3.8) is 0 Å². The van der Waals surface area contributed by atoms with Gasteiger partial charge in [-0.1, -0.05) is 65.8 Å². The molecule has 0 amide bonds. The predicted molar refractivity (Wildman–Crippen MR) is 81.0 cm³/mol. The quantitative estimate of drug-likeness (QED) is 0.573. The van der Waals surface area contributed by atoms with Crippen molar-refractivity contribution in [1.29, 1.82) is 0 Å². The molecule has 0 atom stereocenters. The van der Waals surface area contributed by atoms with Gasteiger partial charge in [-0.2, -0.15) is 9.90 Å². The number of anilines is 1. The van der Waals surface area contributed by atoms with Gasteiger partial charge in [0.05, 0.1) is 12.8 Å². The number of rotatable bonds is 5. The van der Waals surface area contributed by atoms with Crippen LogP contribution in [0, 0.1) is 0 Å². The zero-order valence-corrected chi connectivity index (χ0v) is 11.3. The van der Waals surface area contributed by atoms with Gasteiger partial charge in [-0.05, 0) is 16.3 Å². The van der Waals surface area contributed by atoms with Gasteiger partial charge in [0.25, 0.3) is 5.95 Å². The minimum absolute atomic E-state index is 0.373. The number of nitrogens with zero attached hydrogens (tertiary/aromatic N) is 5. The van der Waals surface area contributed by atoms with Gasteiger partial charge >= 0.3 is 0 Å². The Kier molecular flexibility index (Phi) is 3.97. The third-order valence-corrected chi connectivity index (χ3v) is 2.80. The average molecular weight is 278 g/mol. The van der Waals surface area contributed by atoms with Crippen LogP contribution in [0.3, 0.4) is 0 Å². The van der Waals surface area contributed by atoms with E-state index < -0.39 is 0 Å². The summed E-state index contributed by atoms with van der Waals surface area (Å²) in [5.74, 6) is 0.373. The molecule has 0 spiro atoms. The second kappa shape index (κ2) is 6.42. The molecule has 0 fully saturated rings. The lowest BCUT2D eigenvalue weighted by Crippen LogP contribution is -2.04. The summed E-state index contributed by atoms with van der Waals surface area (Å²) < 4.78 is 0. The molecule has 21 heavy (non-hydrogen) atoms. The maximum absolute atomic E-state index is 4.21. The SMILES string of the molecule is C(=N/Nc1nnn(Cc2ccccc2)n1)/c1ccccc1. The highest BCUT2D eigenvalue weighted by atomic mass is 15.6. The molecule has 6 heteroatoms. The maximum atomic E-state index is 4.21. The maximum Gasteiger partial charge on any atom is 0.283 e. The molecule has 1 aromatic heterocycles. The van der Waals surface area contributed by atoms with Gasteiger partial charge in [0.1, 0.15) is 0 Å². The third kappa shape index (κ3) is 3.73. The fraction of sp³-hybridized carbons (Fsp3) is 0.0667. The standard InChI is InChI=1S/C15H14N6/c1-3-7-13(8-4-1)11-16-17-15-18-20-21(19-15)12-14-9-5-2-6-10-14/h1-11H,12H2,(H,17,19)/b16-11-. The highest BCUT2D eigenvalue weighted by molar-refractivity contribution is 5.79. The van der Waals surface area contributed by atoms with Crippen LogP contribution in [0.1, 0.15) is 11.1 Å². The van der Waals surface area contributed by atoms with Crippen LogP contribution in [0.4, 0.5) is 5.95 Å². The van der Waals surface area contributed by atoms with Crippen molar-refractivity contribution in [2.45, 2.75) is 6.54 Å². The van der Waals surface area contributed by atoms with Crippen molar-refractivity contribution < 1.29 is 0 Å². The molecular formula is C15H14N6. The number of hydrazone groups is 1. The molecule has 1 heterocycles. The number of aromatic nitrogens is 4. The van der Waals surface area contributed by atoms with Gasteiger partial charge in [-0.3, -0.25) is 0 Å². The van der Waals surface area contributed by atoms with E-state index in [1.807, 2.05) is 60.7 Å². The molecule has 0 aliphatic heterocycles. The molecule has 104 valence electrons. The molecule has 0 radical (unpaired) electrons. The normalized spacial score (nSPS) is 10.9. The Bertz CT molecular complexity index is 705. The molecule has 0 saturated carbocycles. The lowest BCUT2D eigenvalue weighted by molar-refractivity contribution is 0.573. The van der Waals surface area contributed by atoms with Crippen molar-refractivity contribution in [2.75, 3.05) is 5.43 Å². The molecule has 1 N–H and O–H groups in total. The fourth-order valence-electron chi connectivity index (χ4n) is 1.81. The predicted octanol–water partition coefficient (Wildman–Crippen LogP) is 2.17. The Morgan fingerprint density at radius 3 is 2.48 bits per heavy atom. The Labute approximate surface area is 122 Å². The molecule has 6 nitrogen and oxygen atoms in total. The van der Waals surface area contributed by atoms with E-state index in [1.54, 1.807) is 6.21 Å². The van der Waals surface area contributed by atoms with Gasteiger partial charge < -0.3 is 0 Å². The van der Waals surface area contributed by atoms with Crippen molar-refractivity contribution >= 4 is 12.2 Å². The number of nitrogens with one attached hydrogen (secondary N) is 1. The number of benzene rings is 2. The molecule has 0 aliphatic carbocycles. The van der Waals surface area contributed by atoms with E-state index in [9.17, 15) is 0 Å². The van der Waals surface area contributed by atoms with E-state index in [-0.39, 0.29) is 0 Å². The monoisotopic (exact) mass is 278 g/mol. The van der Waals surface area contributed by atoms with Gasteiger partial charge in [0.2, 0.25) is 0 Å². The van der Waals surface area contributed by atoms with Gasteiger partial charge in [-0.15, -0.1) is 5.10 Å². The van der Waals surface area contributed by atoms with E-state index >= 15 is 0 Å². The van der Waals surface area contributed by atoms with Gasteiger partial charge in [0, 0.05) is 0 Å². The van der Waals surface area contributed by atoms with E-state index in [1.165, 1.54) is 4.80 Å². The van der Waals surface area contributed by atoms with E-state index in [0.29, 0.717) is 12.5 Å². The first-order valence-corrected chi connectivity index (χ1v) is 6.56. The first kappa shape index (κ1) is 13.0. The summed E-state index contributed by atoms with van der Waals surface area (Å²) in [6, 6.07) is 19.8. The minimum Gasteiger partial charge on any atom is -0.243 e. The van der Waals surface area contributed by atoms with Gasteiger partial charge in [-0.25, -0.2) is 5.43 Å². The summed E-state index contributed by atoms with van der Waals surface area (Å²) in [7, 11) is 0. The zero-order valence-electron chi connectivity index (χ0n) is 11.3. The Morgan fingerprint density at radius 1 is 1.00 bits per heavy atom. The molecule has 0 aliphatic rings. The smallest absolute Gasteiger partial charge is 0.243 e. The van der Waals surface area contributed by atoms with Crippen molar-refractivity contribution in [1.82, 2.24) is 20.2 Å². The van der Waals surface area contributed by atoms with Crippen LogP contribution in [-0.2, 0) is 6.54 Å². The van der Waals surface area contributed by atoms with Crippen molar-refractivity contribution in [2.24, 2.45) is 5.10 Å². The topological polar surface area (TPSA) is 68.0 Å². The van der Waals surface area contributed by atoms with Crippen LogP contribution >= 0.6 is 0 Å². The molecular weight excluding hydrogens is 264 g/mol. The summed E-state index contributed by atoms with van der Waals surface area (Å²) in [5, 5.41) is 16.2. The minimum atomic E-state index is 0.373. The zero-order chi connectivity index (χ0) is 14.3. The van der Waals surface area contributed by atoms with Crippen molar-refractivity contribution in [3.8, 4) is 0 Å². The Morgan fingerprint density at radius 2 is 1.71 bits per heavy atom. The van der Waals surface area contributed by atoms with Crippen molar-refractivity contribution in [3.05, 3.63) is 71.8 Å². The Balaban J connectivity index is 1.59. The first-order chi connectivity index (χ1) is 10.4. The molecule has 0 unspecified atom stereocenters. The van der Waals surface area contributed by atoms with Crippen LogP contribution in [0.5, 0.6) is 0 Å². The van der Waals surface area contributed by atoms with Crippen LogP contribution in [-0.4, -0.2) is 26.4 Å². The van der Waals surface area contributed by atoms with E-state index in [0.717, 1.165) is 11.1 Å². The summed E-state index contributed by atoms with van der Waals surface area (Å²) in [5.41, 5.74) is 4.88. The lowest BCUT2D eigenvalue weighted by Gasteiger charge is -1.97. The summed E-state index contributed by atoms with van der Waals surface area (Å²) in [6.45, 7) is 0.581. The number of tetrazole rings is 1. The number of hydrogen-bond donors (Lipinski definition) is 1. The highest BCUT2D eigenvalue weighted by Gasteiger charge is 2.01.